The second-order valence-corrected chi connectivity index (χ2v) is 4.40. The second kappa shape index (κ2) is 4.26. The van der Waals surface area contributed by atoms with Gasteiger partial charge in [0, 0.05) is 11.5 Å². The lowest BCUT2D eigenvalue weighted by Gasteiger charge is -2.16. The average Bonchev–Trinajstić information content (AvgIpc) is 2.94. The van der Waals surface area contributed by atoms with Gasteiger partial charge in [-0.2, -0.15) is 9.61 Å². The van der Waals surface area contributed by atoms with Crippen molar-refractivity contribution in [2.45, 2.75) is 18.1 Å². The summed E-state index contributed by atoms with van der Waals surface area (Å²) >= 11 is 0. The van der Waals surface area contributed by atoms with Crippen molar-refractivity contribution >= 4 is 5.65 Å². The average molecular weight is 264 g/mol. The number of nitrogens with zero attached hydrogens (tertiary/aromatic N) is 3. The second-order valence-electron chi connectivity index (χ2n) is 4.40. The van der Waals surface area contributed by atoms with Gasteiger partial charge in [-0.05, 0) is 5.57 Å². The topological polar surface area (TPSA) is 124 Å². The smallest absolute Gasteiger partial charge is 0.349 e. The van der Waals surface area contributed by atoms with E-state index in [9.17, 15) is 15.0 Å². The molecule has 1 aliphatic carbocycles. The standard InChI is InChI=1S/C11H12N4O4/c16-3-5-1-6(9(18)8(5)17)7-2-14-15-10(7)12-4-13-11(15)19/h1-2,4,6,8-9,16-18H,3H2,(H,12,13,19)/t6?,8-,9-/m0/s1. The van der Waals surface area contributed by atoms with Crippen molar-refractivity contribution in [2.24, 2.45) is 0 Å². The van der Waals surface area contributed by atoms with Gasteiger partial charge < -0.3 is 15.3 Å². The predicted octanol–water partition coefficient (Wildman–Crippen LogP) is -1.84. The Kier molecular flexibility index (Phi) is 2.70. The number of hydrogen-bond donors (Lipinski definition) is 4. The number of aromatic amines is 1. The fraction of sp³-hybridized carbons (Fsp3) is 0.364. The Morgan fingerprint density at radius 3 is 2.89 bits per heavy atom. The van der Waals surface area contributed by atoms with Crippen LogP contribution in [0.5, 0.6) is 0 Å². The third-order valence-electron chi connectivity index (χ3n) is 3.34. The molecular formula is C11H12N4O4. The van der Waals surface area contributed by atoms with E-state index in [1.54, 1.807) is 6.08 Å². The zero-order chi connectivity index (χ0) is 13.6. The van der Waals surface area contributed by atoms with Gasteiger partial charge in [-0.15, -0.1) is 0 Å². The van der Waals surface area contributed by atoms with E-state index in [1.807, 2.05) is 0 Å². The number of aliphatic hydroxyl groups excluding tert-OH is 3. The van der Waals surface area contributed by atoms with Gasteiger partial charge in [0.15, 0.2) is 5.65 Å². The molecule has 0 amide bonds. The van der Waals surface area contributed by atoms with Gasteiger partial charge in [0.2, 0.25) is 0 Å². The molecule has 1 aliphatic rings. The van der Waals surface area contributed by atoms with Crippen molar-refractivity contribution in [1.29, 1.82) is 0 Å². The molecule has 19 heavy (non-hydrogen) atoms. The molecule has 0 aromatic carbocycles. The summed E-state index contributed by atoms with van der Waals surface area (Å²) < 4.78 is 1.08. The van der Waals surface area contributed by atoms with Gasteiger partial charge in [0.05, 0.1) is 25.2 Å². The zero-order valence-electron chi connectivity index (χ0n) is 9.76. The zero-order valence-corrected chi connectivity index (χ0v) is 9.76. The summed E-state index contributed by atoms with van der Waals surface area (Å²) in [7, 11) is 0. The lowest BCUT2D eigenvalue weighted by molar-refractivity contribution is 0.0407. The maximum Gasteiger partial charge on any atom is 0.349 e. The summed E-state index contributed by atoms with van der Waals surface area (Å²) in [6.07, 6.45) is 2.05. The van der Waals surface area contributed by atoms with Gasteiger partial charge in [0.25, 0.3) is 0 Å². The van der Waals surface area contributed by atoms with E-state index in [0.29, 0.717) is 16.8 Å². The monoisotopic (exact) mass is 264 g/mol. The molecule has 3 rings (SSSR count). The Hall–Kier alpha value is -2.03. The van der Waals surface area contributed by atoms with E-state index in [1.165, 1.54) is 12.5 Å². The van der Waals surface area contributed by atoms with Crippen LogP contribution in [0, 0.1) is 0 Å². The summed E-state index contributed by atoms with van der Waals surface area (Å²) in [5, 5.41) is 32.8. The lowest BCUT2D eigenvalue weighted by Crippen LogP contribution is -2.27. The van der Waals surface area contributed by atoms with Crippen molar-refractivity contribution < 1.29 is 15.3 Å². The van der Waals surface area contributed by atoms with Crippen LogP contribution in [0.4, 0.5) is 0 Å². The number of aromatic nitrogens is 4. The molecule has 2 aromatic heterocycles. The van der Waals surface area contributed by atoms with E-state index >= 15 is 0 Å². The number of fused-ring (bicyclic) bond motifs is 1. The van der Waals surface area contributed by atoms with Crippen molar-refractivity contribution in [2.75, 3.05) is 6.61 Å². The van der Waals surface area contributed by atoms with Gasteiger partial charge in [-0.1, -0.05) is 6.08 Å². The van der Waals surface area contributed by atoms with Crippen molar-refractivity contribution in [1.82, 2.24) is 19.6 Å². The fourth-order valence-corrected chi connectivity index (χ4v) is 2.34. The van der Waals surface area contributed by atoms with Crippen LogP contribution in [0.25, 0.3) is 5.65 Å². The Labute approximate surface area is 106 Å². The first-order valence-electron chi connectivity index (χ1n) is 5.72. The maximum absolute atomic E-state index is 11.5. The highest BCUT2D eigenvalue weighted by molar-refractivity contribution is 5.51. The summed E-state index contributed by atoms with van der Waals surface area (Å²) in [4.78, 5) is 17.9. The van der Waals surface area contributed by atoms with Gasteiger partial charge >= 0.3 is 5.69 Å². The molecule has 0 spiro atoms. The van der Waals surface area contributed by atoms with Crippen molar-refractivity contribution in [3.05, 3.63) is 40.2 Å². The minimum absolute atomic E-state index is 0.315. The molecule has 2 heterocycles. The minimum atomic E-state index is -1.12. The van der Waals surface area contributed by atoms with Crippen LogP contribution in [-0.2, 0) is 0 Å². The molecule has 1 unspecified atom stereocenters. The third-order valence-corrected chi connectivity index (χ3v) is 3.34. The van der Waals surface area contributed by atoms with Crippen molar-refractivity contribution in [3.63, 3.8) is 0 Å². The number of rotatable bonds is 2. The molecule has 8 nitrogen and oxygen atoms in total. The lowest BCUT2D eigenvalue weighted by atomic mass is 9.98. The number of hydrogen-bond acceptors (Lipinski definition) is 6. The fourth-order valence-electron chi connectivity index (χ4n) is 2.34. The summed E-state index contributed by atoms with van der Waals surface area (Å²) in [5.74, 6) is -0.552. The molecule has 2 aromatic rings. The van der Waals surface area contributed by atoms with Gasteiger partial charge in [0.1, 0.15) is 6.10 Å². The molecule has 3 atom stereocenters. The SMILES string of the molecule is O=c1[nH]cnc2c(C3C=C(CO)[C@H](O)[C@H]3O)cnn12. The highest BCUT2D eigenvalue weighted by Crippen LogP contribution is 2.34. The highest BCUT2D eigenvalue weighted by atomic mass is 16.3. The summed E-state index contributed by atoms with van der Waals surface area (Å²) in [6.45, 7) is -0.331. The first kappa shape index (κ1) is 12.0. The molecule has 0 saturated heterocycles. The quantitative estimate of drug-likeness (QED) is 0.472. The Morgan fingerprint density at radius 2 is 2.21 bits per heavy atom. The molecule has 4 N–H and O–H groups in total. The van der Waals surface area contributed by atoms with E-state index in [0.717, 1.165) is 4.52 Å². The molecule has 0 fully saturated rings. The van der Waals surface area contributed by atoms with Crippen molar-refractivity contribution in [3.8, 4) is 0 Å². The van der Waals surface area contributed by atoms with Crippen LogP contribution in [0.3, 0.4) is 0 Å². The van der Waals surface area contributed by atoms with E-state index in [-0.39, 0.29) is 6.61 Å². The minimum Gasteiger partial charge on any atom is -0.392 e. The normalized spacial score (nSPS) is 26.9. The third kappa shape index (κ3) is 1.69. The summed E-state index contributed by atoms with van der Waals surface area (Å²) in [6, 6.07) is 0. The molecule has 0 bridgehead atoms. The Bertz CT molecular complexity index is 704. The van der Waals surface area contributed by atoms with Gasteiger partial charge in [-0.3, -0.25) is 4.98 Å². The molecule has 0 saturated carbocycles. The van der Waals surface area contributed by atoms with E-state index in [4.69, 9.17) is 5.11 Å². The van der Waals surface area contributed by atoms with Crippen LogP contribution in [0.15, 0.2) is 29.0 Å². The molecule has 100 valence electrons. The molecular weight excluding hydrogens is 252 g/mol. The summed E-state index contributed by atoms with van der Waals surface area (Å²) in [5.41, 5.74) is 0.758. The maximum atomic E-state index is 11.5. The van der Waals surface area contributed by atoms with E-state index in [2.05, 4.69) is 15.1 Å². The van der Waals surface area contributed by atoms with Crippen LogP contribution in [-0.4, -0.2) is 53.7 Å². The van der Waals surface area contributed by atoms with Crippen LogP contribution < -0.4 is 5.69 Å². The number of H-pyrrole nitrogens is 1. The molecule has 8 heteroatoms. The van der Waals surface area contributed by atoms with Crippen LogP contribution >= 0.6 is 0 Å². The molecule has 0 aliphatic heterocycles. The van der Waals surface area contributed by atoms with Gasteiger partial charge in [-0.25, -0.2) is 9.78 Å². The molecule has 0 radical (unpaired) electrons. The van der Waals surface area contributed by atoms with Crippen LogP contribution in [0.1, 0.15) is 11.5 Å². The van der Waals surface area contributed by atoms with Crippen LogP contribution in [0.2, 0.25) is 0 Å². The first-order valence-corrected chi connectivity index (χ1v) is 5.72. The first-order chi connectivity index (χ1) is 9.13. The number of aliphatic hydroxyl groups is 3. The Morgan fingerprint density at radius 1 is 1.42 bits per heavy atom. The largest absolute Gasteiger partial charge is 0.392 e. The Balaban J connectivity index is 2.13. The number of nitrogens with one attached hydrogen (secondary N) is 1. The highest BCUT2D eigenvalue weighted by Gasteiger charge is 2.36. The van der Waals surface area contributed by atoms with E-state index < -0.39 is 23.8 Å². The predicted molar refractivity (Wildman–Crippen MR) is 63.5 cm³/mol.